The Bertz CT molecular complexity index is 783. The molecule has 1 fully saturated rings. The van der Waals surface area contributed by atoms with Crippen LogP contribution in [0.4, 0.5) is 0 Å². The molecule has 0 spiro atoms. The lowest BCUT2D eigenvalue weighted by molar-refractivity contribution is -0.132. The minimum absolute atomic E-state index is 0.108. The van der Waals surface area contributed by atoms with Gasteiger partial charge in [-0.2, -0.15) is 0 Å². The van der Waals surface area contributed by atoms with E-state index in [1.54, 1.807) is 29.4 Å². The molecule has 3 heterocycles. The van der Waals surface area contributed by atoms with Crippen LogP contribution >= 0.6 is 23.1 Å². The molecule has 7 heteroatoms. The molecule has 2 aliphatic rings. The summed E-state index contributed by atoms with van der Waals surface area (Å²) >= 11 is 3.40. The Morgan fingerprint density at radius 1 is 1.28 bits per heavy atom. The number of aromatic nitrogens is 2. The quantitative estimate of drug-likeness (QED) is 0.607. The average molecular weight is 377 g/mol. The molecule has 0 unspecified atom stereocenters. The van der Waals surface area contributed by atoms with E-state index < -0.39 is 0 Å². The standard InChI is InChI=1S/C18H24N4OS2/c1-3-21-7-9-22(10-8-21)18(23)12(2)24-16-15-13-5-4-6-14(13)25-17(15)20-11-19-16/h11-12H,3-10H2,1-2H3/t12-/m0/s1. The first kappa shape index (κ1) is 17.2. The number of carbonyl (C=O) groups is 1. The molecule has 1 amide bonds. The second-order valence-corrected chi connectivity index (χ2v) is 9.15. The van der Waals surface area contributed by atoms with Crippen molar-refractivity contribution in [3.63, 3.8) is 0 Å². The number of rotatable bonds is 4. The van der Waals surface area contributed by atoms with E-state index in [-0.39, 0.29) is 11.2 Å². The highest BCUT2D eigenvalue weighted by molar-refractivity contribution is 8.00. The Labute approximate surface area is 156 Å². The third kappa shape index (κ3) is 3.29. The minimum atomic E-state index is -0.108. The Hall–Kier alpha value is -1.18. The molecule has 1 aliphatic heterocycles. The van der Waals surface area contributed by atoms with Crippen LogP contribution < -0.4 is 0 Å². The van der Waals surface area contributed by atoms with Gasteiger partial charge in [-0.25, -0.2) is 9.97 Å². The fraction of sp³-hybridized carbons (Fsp3) is 0.611. The molecule has 5 nitrogen and oxygen atoms in total. The molecular weight excluding hydrogens is 352 g/mol. The second kappa shape index (κ2) is 7.21. The van der Waals surface area contributed by atoms with Gasteiger partial charge in [0.25, 0.3) is 0 Å². The van der Waals surface area contributed by atoms with Gasteiger partial charge in [-0.05, 0) is 38.3 Å². The summed E-state index contributed by atoms with van der Waals surface area (Å²) in [6, 6.07) is 0. The summed E-state index contributed by atoms with van der Waals surface area (Å²) in [7, 11) is 0. The summed E-state index contributed by atoms with van der Waals surface area (Å²) in [5.74, 6) is 0.236. The van der Waals surface area contributed by atoms with Crippen LogP contribution in [0.2, 0.25) is 0 Å². The summed E-state index contributed by atoms with van der Waals surface area (Å²) < 4.78 is 0. The van der Waals surface area contributed by atoms with Gasteiger partial charge >= 0.3 is 0 Å². The Kier molecular flexibility index (Phi) is 4.97. The van der Waals surface area contributed by atoms with Crippen molar-refractivity contribution in [1.29, 1.82) is 0 Å². The molecule has 2 aromatic heterocycles. The van der Waals surface area contributed by atoms with Crippen molar-refractivity contribution < 1.29 is 4.79 Å². The highest BCUT2D eigenvalue weighted by Crippen LogP contribution is 2.41. The van der Waals surface area contributed by atoms with Gasteiger partial charge in [-0.15, -0.1) is 11.3 Å². The molecule has 0 N–H and O–H groups in total. The summed E-state index contributed by atoms with van der Waals surface area (Å²) in [4.78, 5) is 28.8. The van der Waals surface area contributed by atoms with E-state index >= 15 is 0 Å². The van der Waals surface area contributed by atoms with Gasteiger partial charge in [0.1, 0.15) is 16.2 Å². The smallest absolute Gasteiger partial charge is 0.235 e. The number of amides is 1. The van der Waals surface area contributed by atoms with E-state index in [9.17, 15) is 4.79 Å². The van der Waals surface area contributed by atoms with E-state index in [2.05, 4.69) is 21.8 Å². The van der Waals surface area contributed by atoms with E-state index in [1.165, 1.54) is 22.2 Å². The van der Waals surface area contributed by atoms with Crippen LogP contribution in [0.25, 0.3) is 10.2 Å². The minimum Gasteiger partial charge on any atom is -0.339 e. The third-order valence-corrected chi connectivity index (χ3v) is 7.52. The average Bonchev–Trinajstić information content (AvgIpc) is 3.22. The van der Waals surface area contributed by atoms with E-state index in [4.69, 9.17) is 0 Å². The molecular formula is C18H24N4OS2. The van der Waals surface area contributed by atoms with Crippen LogP contribution in [-0.2, 0) is 17.6 Å². The van der Waals surface area contributed by atoms with Crippen molar-refractivity contribution in [3.8, 4) is 0 Å². The maximum Gasteiger partial charge on any atom is 0.235 e. The fourth-order valence-electron chi connectivity index (χ4n) is 3.75. The number of hydrogen-bond acceptors (Lipinski definition) is 6. The van der Waals surface area contributed by atoms with Crippen molar-refractivity contribution in [2.75, 3.05) is 32.7 Å². The van der Waals surface area contributed by atoms with Crippen molar-refractivity contribution in [2.24, 2.45) is 0 Å². The number of hydrogen-bond donors (Lipinski definition) is 0. The zero-order valence-electron chi connectivity index (χ0n) is 14.8. The Morgan fingerprint density at radius 3 is 2.84 bits per heavy atom. The van der Waals surface area contributed by atoms with Crippen LogP contribution in [0.15, 0.2) is 11.4 Å². The zero-order chi connectivity index (χ0) is 17.4. The van der Waals surface area contributed by atoms with Gasteiger partial charge in [-0.3, -0.25) is 4.79 Å². The van der Waals surface area contributed by atoms with E-state index in [0.717, 1.165) is 55.4 Å². The molecule has 0 radical (unpaired) electrons. The van der Waals surface area contributed by atoms with Crippen LogP contribution in [0.1, 0.15) is 30.7 Å². The fourth-order valence-corrected chi connectivity index (χ4v) is 6.07. The molecule has 2 aromatic rings. The molecule has 0 aromatic carbocycles. The van der Waals surface area contributed by atoms with Gasteiger partial charge in [0.2, 0.25) is 5.91 Å². The van der Waals surface area contributed by atoms with Crippen LogP contribution in [0, 0.1) is 0 Å². The van der Waals surface area contributed by atoms with Gasteiger partial charge in [0.15, 0.2) is 0 Å². The van der Waals surface area contributed by atoms with Crippen molar-refractivity contribution in [3.05, 3.63) is 16.8 Å². The number of aryl methyl sites for hydroxylation is 2. The van der Waals surface area contributed by atoms with Crippen molar-refractivity contribution in [1.82, 2.24) is 19.8 Å². The summed E-state index contributed by atoms with van der Waals surface area (Å²) in [6.45, 7) is 8.89. The topological polar surface area (TPSA) is 49.3 Å². The largest absolute Gasteiger partial charge is 0.339 e. The van der Waals surface area contributed by atoms with Gasteiger partial charge in [0, 0.05) is 36.4 Å². The predicted octanol–water partition coefficient (Wildman–Crippen LogP) is 2.82. The molecule has 4 rings (SSSR count). The molecule has 0 bridgehead atoms. The lowest BCUT2D eigenvalue weighted by Crippen LogP contribution is -2.50. The number of thioether (sulfide) groups is 1. The van der Waals surface area contributed by atoms with Crippen molar-refractivity contribution in [2.45, 2.75) is 43.4 Å². The Morgan fingerprint density at radius 2 is 2.08 bits per heavy atom. The normalized spacial score (nSPS) is 19.4. The lowest BCUT2D eigenvalue weighted by Gasteiger charge is -2.35. The van der Waals surface area contributed by atoms with Gasteiger partial charge in [-0.1, -0.05) is 18.7 Å². The first-order valence-corrected chi connectivity index (χ1v) is 10.8. The molecule has 1 aliphatic carbocycles. The van der Waals surface area contributed by atoms with Gasteiger partial charge in [0.05, 0.1) is 5.25 Å². The number of piperazine rings is 1. The lowest BCUT2D eigenvalue weighted by atomic mass is 10.2. The third-order valence-electron chi connectivity index (χ3n) is 5.23. The van der Waals surface area contributed by atoms with E-state index in [1.807, 2.05) is 11.8 Å². The SMILES string of the molecule is CCN1CCN(C(=O)[C@H](C)Sc2ncnc3sc4c(c23)CCC4)CC1. The second-order valence-electron chi connectivity index (χ2n) is 6.74. The summed E-state index contributed by atoms with van der Waals surface area (Å²) in [6.07, 6.45) is 5.16. The zero-order valence-corrected chi connectivity index (χ0v) is 16.5. The van der Waals surface area contributed by atoms with E-state index in [0.29, 0.717) is 0 Å². The number of thiophene rings is 1. The number of nitrogens with zero attached hydrogens (tertiary/aromatic N) is 4. The van der Waals surface area contributed by atoms with Crippen LogP contribution in [-0.4, -0.2) is 63.6 Å². The summed E-state index contributed by atoms with van der Waals surface area (Å²) in [5, 5.41) is 2.08. The molecule has 1 atom stereocenters. The highest BCUT2D eigenvalue weighted by Gasteiger charge is 2.27. The number of carbonyl (C=O) groups excluding carboxylic acids is 1. The Balaban J connectivity index is 1.50. The monoisotopic (exact) mass is 376 g/mol. The molecule has 134 valence electrons. The molecule has 1 saturated heterocycles. The van der Waals surface area contributed by atoms with Crippen LogP contribution in [0.3, 0.4) is 0 Å². The first-order chi connectivity index (χ1) is 12.2. The summed E-state index contributed by atoms with van der Waals surface area (Å²) in [5.41, 5.74) is 1.43. The highest BCUT2D eigenvalue weighted by atomic mass is 32.2. The molecule has 25 heavy (non-hydrogen) atoms. The molecule has 0 saturated carbocycles. The number of likely N-dealkylation sites (N-methyl/N-ethyl adjacent to an activating group) is 1. The van der Waals surface area contributed by atoms with Crippen molar-refractivity contribution >= 4 is 39.2 Å². The van der Waals surface area contributed by atoms with Gasteiger partial charge < -0.3 is 9.80 Å². The first-order valence-electron chi connectivity index (χ1n) is 9.10. The maximum absolute atomic E-state index is 12.9. The number of fused-ring (bicyclic) bond motifs is 3. The van der Waals surface area contributed by atoms with Crippen LogP contribution in [0.5, 0.6) is 0 Å². The maximum atomic E-state index is 12.9. The predicted molar refractivity (Wildman–Crippen MR) is 103 cm³/mol.